The predicted octanol–water partition coefficient (Wildman–Crippen LogP) is 4.88. The predicted molar refractivity (Wildman–Crippen MR) is 119 cm³/mol. The van der Waals surface area contributed by atoms with Crippen molar-refractivity contribution in [1.29, 1.82) is 0 Å². The van der Waals surface area contributed by atoms with Crippen LogP contribution in [-0.4, -0.2) is 26.4 Å². The van der Waals surface area contributed by atoms with Gasteiger partial charge in [0.15, 0.2) is 0 Å². The van der Waals surface area contributed by atoms with Gasteiger partial charge in [-0.15, -0.1) is 0 Å². The molecule has 5 nitrogen and oxygen atoms in total. The summed E-state index contributed by atoms with van der Waals surface area (Å²) in [5.74, 6) is 0.123. The number of hydrogen-bond donors (Lipinski definition) is 1. The van der Waals surface area contributed by atoms with Crippen LogP contribution < -0.4 is 4.90 Å². The molecule has 0 atom stereocenters. The van der Waals surface area contributed by atoms with E-state index in [9.17, 15) is 9.18 Å². The van der Waals surface area contributed by atoms with Crippen molar-refractivity contribution in [3.63, 3.8) is 0 Å². The standard InChI is InChI=1S/C23H19FN4OS/c1-27-23(28(20(29)15-30)19-5-3-2-4-6-19)21(16-11-13-25-14-12-16)22(26-27)17-7-9-18(24)10-8-17/h2-14,30H,15H2,1H3. The first-order chi connectivity index (χ1) is 14.6. The quantitative estimate of drug-likeness (QED) is 0.470. The summed E-state index contributed by atoms with van der Waals surface area (Å²) in [7, 11) is 1.79. The molecule has 2 aromatic heterocycles. The number of amides is 1. The molecule has 7 heteroatoms. The third-order valence-electron chi connectivity index (χ3n) is 4.71. The van der Waals surface area contributed by atoms with Crippen molar-refractivity contribution < 1.29 is 9.18 Å². The number of rotatable bonds is 5. The summed E-state index contributed by atoms with van der Waals surface area (Å²) < 4.78 is 15.2. The van der Waals surface area contributed by atoms with Crippen molar-refractivity contribution in [3.05, 3.63) is 84.9 Å². The first kappa shape index (κ1) is 19.8. The van der Waals surface area contributed by atoms with Crippen LogP contribution >= 0.6 is 12.6 Å². The number of thiol groups is 1. The number of aromatic nitrogens is 3. The molecule has 0 N–H and O–H groups in total. The third-order valence-corrected chi connectivity index (χ3v) is 4.98. The van der Waals surface area contributed by atoms with E-state index in [0.29, 0.717) is 17.2 Å². The Hall–Kier alpha value is -3.45. The molecule has 4 aromatic rings. The zero-order valence-corrected chi connectivity index (χ0v) is 17.1. The van der Waals surface area contributed by atoms with Crippen molar-refractivity contribution in [2.45, 2.75) is 0 Å². The maximum absolute atomic E-state index is 13.5. The van der Waals surface area contributed by atoms with Crippen LogP contribution in [0.25, 0.3) is 22.4 Å². The lowest BCUT2D eigenvalue weighted by atomic mass is 10.0. The Labute approximate surface area is 179 Å². The number of pyridine rings is 1. The molecule has 0 saturated heterocycles. The molecular formula is C23H19FN4OS. The highest BCUT2D eigenvalue weighted by atomic mass is 32.1. The lowest BCUT2D eigenvalue weighted by molar-refractivity contribution is -0.115. The number of halogens is 1. The molecule has 0 aliphatic rings. The van der Waals surface area contributed by atoms with E-state index in [0.717, 1.165) is 16.7 Å². The van der Waals surface area contributed by atoms with Gasteiger partial charge in [0.25, 0.3) is 0 Å². The number of anilines is 2. The van der Waals surface area contributed by atoms with Gasteiger partial charge in [-0.3, -0.25) is 19.4 Å². The molecule has 4 rings (SSSR count). The van der Waals surface area contributed by atoms with Crippen molar-refractivity contribution in [1.82, 2.24) is 14.8 Å². The summed E-state index contributed by atoms with van der Waals surface area (Å²) in [6, 6.07) is 19.2. The van der Waals surface area contributed by atoms with E-state index in [2.05, 4.69) is 17.6 Å². The highest BCUT2D eigenvalue weighted by Crippen LogP contribution is 2.41. The van der Waals surface area contributed by atoms with Gasteiger partial charge in [0.05, 0.1) is 17.0 Å². The SMILES string of the molecule is Cn1nc(-c2ccc(F)cc2)c(-c2ccncc2)c1N(C(=O)CS)c1ccccc1. The van der Waals surface area contributed by atoms with E-state index in [1.165, 1.54) is 12.1 Å². The topological polar surface area (TPSA) is 51.0 Å². The summed E-state index contributed by atoms with van der Waals surface area (Å²) in [6.07, 6.45) is 3.38. The molecule has 2 heterocycles. The van der Waals surface area contributed by atoms with Gasteiger partial charge in [0, 0.05) is 25.0 Å². The number of carbonyl (C=O) groups is 1. The second-order valence-corrected chi connectivity index (χ2v) is 6.95. The Morgan fingerprint density at radius 3 is 2.30 bits per heavy atom. The van der Waals surface area contributed by atoms with Crippen molar-refractivity contribution in [2.24, 2.45) is 7.05 Å². The monoisotopic (exact) mass is 418 g/mol. The second kappa shape index (κ2) is 8.51. The van der Waals surface area contributed by atoms with Crippen LogP contribution in [0.4, 0.5) is 15.9 Å². The molecule has 2 aromatic carbocycles. The Morgan fingerprint density at radius 1 is 1.00 bits per heavy atom. The third kappa shape index (κ3) is 3.71. The van der Waals surface area contributed by atoms with Gasteiger partial charge in [-0.25, -0.2) is 4.39 Å². The van der Waals surface area contributed by atoms with Crippen LogP contribution in [0.1, 0.15) is 0 Å². The molecular weight excluding hydrogens is 399 g/mol. The Bertz CT molecular complexity index is 1160. The van der Waals surface area contributed by atoms with Crippen molar-refractivity contribution >= 4 is 30.0 Å². The van der Waals surface area contributed by atoms with Gasteiger partial charge in [-0.2, -0.15) is 17.7 Å². The molecule has 0 bridgehead atoms. The number of carbonyl (C=O) groups excluding carboxylic acids is 1. The molecule has 0 aliphatic heterocycles. The minimum Gasteiger partial charge on any atom is -0.273 e. The van der Waals surface area contributed by atoms with Gasteiger partial charge in [-0.05, 0) is 54.1 Å². The van der Waals surface area contributed by atoms with Crippen LogP contribution in [0.15, 0.2) is 79.1 Å². The summed E-state index contributed by atoms with van der Waals surface area (Å²) in [5, 5.41) is 4.70. The largest absolute Gasteiger partial charge is 0.273 e. The van der Waals surface area contributed by atoms with Crippen molar-refractivity contribution in [2.75, 3.05) is 10.7 Å². The highest BCUT2D eigenvalue weighted by molar-refractivity contribution is 7.81. The van der Waals surface area contributed by atoms with Crippen LogP contribution in [0, 0.1) is 5.82 Å². The lowest BCUT2D eigenvalue weighted by Crippen LogP contribution is -2.29. The second-order valence-electron chi connectivity index (χ2n) is 6.64. The van der Waals surface area contributed by atoms with Crippen molar-refractivity contribution in [3.8, 4) is 22.4 Å². The van der Waals surface area contributed by atoms with E-state index in [1.54, 1.807) is 41.2 Å². The minimum atomic E-state index is -0.323. The fourth-order valence-corrected chi connectivity index (χ4v) is 3.54. The molecule has 0 aliphatic carbocycles. The van der Waals surface area contributed by atoms with Crippen LogP contribution in [0.3, 0.4) is 0 Å². The van der Waals surface area contributed by atoms with E-state index in [1.807, 2.05) is 42.5 Å². The maximum atomic E-state index is 13.5. The maximum Gasteiger partial charge on any atom is 0.242 e. The summed E-state index contributed by atoms with van der Waals surface area (Å²) >= 11 is 4.23. The normalized spacial score (nSPS) is 10.8. The summed E-state index contributed by atoms with van der Waals surface area (Å²) in [5.41, 5.74) is 3.70. The molecule has 0 radical (unpaired) electrons. The van der Waals surface area contributed by atoms with Gasteiger partial charge >= 0.3 is 0 Å². The minimum absolute atomic E-state index is 0.0295. The summed E-state index contributed by atoms with van der Waals surface area (Å²) in [6.45, 7) is 0. The van der Waals surface area contributed by atoms with E-state index in [-0.39, 0.29) is 17.5 Å². The Balaban J connectivity index is 2.01. The van der Waals surface area contributed by atoms with Crippen LogP contribution in [0.5, 0.6) is 0 Å². The molecule has 0 unspecified atom stereocenters. The van der Waals surface area contributed by atoms with Gasteiger partial charge < -0.3 is 0 Å². The zero-order chi connectivity index (χ0) is 21.1. The van der Waals surface area contributed by atoms with E-state index < -0.39 is 0 Å². The number of para-hydroxylation sites is 1. The highest BCUT2D eigenvalue weighted by Gasteiger charge is 2.28. The fourth-order valence-electron chi connectivity index (χ4n) is 3.40. The number of aryl methyl sites for hydroxylation is 1. The fraction of sp³-hybridized carbons (Fsp3) is 0.0870. The van der Waals surface area contributed by atoms with Crippen LogP contribution in [0.2, 0.25) is 0 Å². The van der Waals surface area contributed by atoms with Gasteiger partial charge in [-0.1, -0.05) is 18.2 Å². The number of hydrogen-bond acceptors (Lipinski definition) is 4. The molecule has 30 heavy (non-hydrogen) atoms. The first-order valence-electron chi connectivity index (χ1n) is 9.32. The smallest absolute Gasteiger partial charge is 0.242 e. The molecule has 0 spiro atoms. The Kier molecular flexibility index (Phi) is 5.63. The zero-order valence-electron chi connectivity index (χ0n) is 16.2. The molecule has 150 valence electrons. The van der Waals surface area contributed by atoms with Gasteiger partial charge in [0.2, 0.25) is 5.91 Å². The first-order valence-corrected chi connectivity index (χ1v) is 9.95. The van der Waals surface area contributed by atoms with E-state index in [4.69, 9.17) is 5.10 Å². The lowest BCUT2D eigenvalue weighted by Gasteiger charge is -2.24. The molecule has 0 saturated carbocycles. The number of nitrogens with zero attached hydrogens (tertiary/aromatic N) is 4. The van der Waals surface area contributed by atoms with E-state index >= 15 is 0 Å². The average molecular weight is 418 g/mol. The van der Waals surface area contributed by atoms with Crippen LogP contribution in [-0.2, 0) is 11.8 Å². The average Bonchev–Trinajstić information content (AvgIpc) is 3.12. The summed E-state index contributed by atoms with van der Waals surface area (Å²) in [4.78, 5) is 18.7. The Morgan fingerprint density at radius 2 is 1.67 bits per heavy atom. The molecule has 1 amide bonds. The van der Waals surface area contributed by atoms with Gasteiger partial charge in [0.1, 0.15) is 17.3 Å². The molecule has 0 fully saturated rings. The number of benzene rings is 2.